The molecule has 1 aliphatic carbocycles. The summed E-state index contributed by atoms with van der Waals surface area (Å²) in [5.74, 6) is 0.727. The third-order valence-electron chi connectivity index (χ3n) is 5.07. The predicted molar refractivity (Wildman–Crippen MR) is 97.4 cm³/mol. The minimum absolute atomic E-state index is 0. The molecule has 3 N–H and O–H groups in total. The number of nitrogens with one attached hydrogen (secondary N) is 1. The number of H-pyrrole nitrogens is 1. The Morgan fingerprint density at radius 2 is 2.04 bits per heavy atom. The highest BCUT2D eigenvalue weighted by molar-refractivity contribution is 8.00. The number of aromatic amines is 1. The number of aromatic nitrogens is 2. The Bertz CT molecular complexity index is 570. The zero-order valence-corrected chi connectivity index (χ0v) is 15.7. The van der Waals surface area contributed by atoms with E-state index in [9.17, 15) is 4.79 Å². The maximum atomic E-state index is 12.7. The van der Waals surface area contributed by atoms with Crippen molar-refractivity contribution < 1.29 is 4.79 Å². The summed E-state index contributed by atoms with van der Waals surface area (Å²) in [6, 6.07) is -0.458. The molecular weight excluding hydrogens is 332 g/mol. The molecule has 0 bridgehead atoms. The highest BCUT2D eigenvalue weighted by Crippen LogP contribution is 2.41. The van der Waals surface area contributed by atoms with Gasteiger partial charge in [-0.2, -0.15) is 16.9 Å². The van der Waals surface area contributed by atoms with Crippen LogP contribution in [0, 0.1) is 0 Å². The zero-order valence-electron chi connectivity index (χ0n) is 14.1. The van der Waals surface area contributed by atoms with Gasteiger partial charge in [0.2, 0.25) is 5.91 Å². The standard InChI is InChI=1S/C16H26N4OS.ClH/c1-16(2,22-3)14(17)15(21)20-8-6-11-12(7-9-20)18-19-13(11)10-4-5-10;/h10,14H,4-9,17H2,1-3H3,(H,18,19);1H/t14-;/m1./s1. The van der Waals surface area contributed by atoms with Crippen LogP contribution in [0.25, 0.3) is 0 Å². The average molecular weight is 359 g/mol. The van der Waals surface area contributed by atoms with E-state index in [1.165, 1.54) is 29.8 Å². The fourth-order valence-electron chi connectivity index (χ4n) is 3.04. The van der Waals surface area contributed by atoms with Crippen molar-refractivity contribution in [3.63, 3.8) is 0 Å². The summed E-state index contributed by atoms with van der Waals surface area (Å²) in [6.45, 7) is 5.56. The molecule has 130 valence electrons. The summed E-state index contributed by atoms with van der Waals surface area (Å²) in [4.78, 5) is 14.7. The minimum Gasteiger partial charge on any atom is -0.341 e. The van der Waals surface area contributed by atoms with Crippen LogP contribution in [-0.2, 0) is 17.6 Å². The summed E-state index contributed by atoms with van der Waals surface area (Å²) in [7, 11) is 0. The summed E-state index contributed by atoms with van der Waals surface area (Å²) in [5, 5.41) is 7.70. The average Bonchev–Trinajstić information content (AvgIpc) is 3.31. The third kappa shape index (κ3) is 3.69. The van der Waals surface area contributed by atoms with Gasteiger partial charge in [-0.15, -0.1) is 12.4 Å². The number of carbonyl (C=O) groups excluding carboxylic acids is 1. The highest BCUT2D eigenvalue weighted by atomic mass is 35.5. The Hall–Kier alpha value is -0.720. The van der Waals surface area contributed by atoms with Crippen molar-refractivity contribution in [2.75, 3.05) is 19.3 Å². The lowest BCUT2D eigenvalue weighted by Gasteiger charge is -2.33. The second-order valence-electron chi connectivity index (χ2n) is 6.95. The first-order valence-corrected chi connectivity index (χ1v) is 9.32. The lowest BCUT2D eigenvalue weighted by atomic mass is 10.0. The molecule has 1 aromatic rings. The van der Waals surface area contributed by atoms with Crippen LogP contribution in [0.2, 0.25) is 0 Å². The first-order chi connectivity index (χ1) is 10.4. The van der Waals surface area contributed by atoms with Gasteiger partial charge in [0.15, 0.2) is 0 Å². The van der Waals surface area contributed by atoms with Gasteiger partial charge in [-0.25, -0.2) is 0 Å². The van der Waals surface area contributed by atoms with Crippen molar-refractivity contribution >= 4 is 30.1 Å². The largest absolute Gasteiger partial charge is 0.341 e. The molecule has 23 heavy (non-hydrogen) atoms. The highest BCUT2D eigenvalue weighted by Gasteiger charge is 2.36. The van der Waals surface area contributed by atoms with Crippen LogP contribution < -0.4 is 5.73 Å². The van der Waals surface area contributed by atoms with Crippen LogP contribution in [0.4, 0.5) is 0 Å². The minimum atomic E-state index is -0.458. The van der Waals surface area contributed by atoms with Gasteiger partial charge < -0.3 is 10.6 Å². The van der Waals surface area contributed by atoms with Crippen LogP contribution >= 0.6 is 24.2 Å². The molecule has 1 saturated carbocycles. The summed E-state index contributed by atoms with van der Waals surface area (Å²) in [6.07, 6.45) is 6.27. The molecule has 2 aliphatic rings. The quantitative estimate of drug-likeness (QED) is 0.864. The van der Waals surface area contributed by atoms with E-state index in [0.29, 0.717) is 5.92 Å². The van der Waals surface area contributed by atoms with E-state index < -0.39 is 6.04 Å². The molecule has 3 rings (SSSR count). The number of nitrogens with two attached hydrogens (primary N) is 1. The molecule has 1 atom stereocenters. The van der Waals surface area contributed by atoms with Gasteiger partial charge in [-0.1, -0.05) is 0 Å². The third-order valence-corrected chi connectivity index (χ3v) is 6.37. The van der Waals surface area contributed by atoms with Crippen molar-refractivity contribution in [3.05, 3.63) is 17.0 Å². The normalized spacial score (nSPS) is 19.6. The fourth-order valence-corrected chi connectivity index (χ4v) is 3.40. The van der Waals surface area contributed by atoms with Gasteiger partial charge in [0.05, 0.1) is 11.7 Å². The molecule has 0 aromatic carbocycles. The van der Waals surface area contributed by atoms with E-state index in [2.05, 4.69) is 10.2 Å². The maximum Gasteiger partial charge on any atom is 0.240 e. The Kier molecular flexibility index (Phi) is 5.69. The molecule has 2 heterocycles. The smallest absolute Gasteiger partial charge is 0.240 e. The molecule has 1 fully saturated rings. The number of thioether (sulfide) groups is 1. The maximum absolute atomic E-state index is 12.7. The van der Waals surface area contributed by atoms with Crippen LogP contribution in [0.5, 0.6) is 0 Å². The first-order valence-electron chi connectivity index (χ1n) is 8.09. The lowest BCUT2D eigenvalue weighted by molar-refractivity contribution is -0.133. The molecule has 1 amide bonds. The van der Waals surface area contributed by atoms with Gasteiger partial charge in [0, 0.05) is 35.9 Å². The molecule has 0 saturated heterocycles. The molecule has 0 spiro atoms. The molecule has 1 aliphatic heterocycles. The Labute approximate surface area is 148 Å². The van der Waals surface area contributed by atoms with Crippen molar-refractivity contribution in [1.29, 1.82) is 0 Å². The van der Waals surface area contributed by atoms with E-state index >= 15 is 0 Å². The number of amides is 1. The number of fused-ring (bicyclic) bond motifs is 1. The van der Waals surface area contributed by atoms with Crippen LogP contribution in [0.3, 0.4) is 0 Å². The number of rotatable bonds is 4. The van der Waals surface area contributed by atoms with Crippen LogP contribution in [0.1, 0.15) is 49.6 Å². The van der Waals surface area contributed by atoms with Crippen molar-refractivity contribution in [2.45, 2.75) is 56.2 Å². The van der Waals surface area contributed by atoms with Crippen molar-refractivity contribution in [2.24, 2.45) is 5.73 Å². The Morgan fingerprint density at radius 1 is 1.39 bits per heavy atom. The Balaban J connectivity index is 0.00000192. The predicted octanol–water partition coefficient (Wildman–Crippen LogP) is 2.10. The molecule has 0 unspecified atom stereocenters. The number of hydrogen-bond acceptors (Lipinski definition) is 4. The number of hydrogen-bond donors (Lipinski definition) is 2. The zero-order chi connectivity index (χ0) is 15.9. The van der Waals surface area contributed by atoms with Crippen molar-refractivity contribution in [3.8, 4) is 0 Å². The molecular formula is C16H27ClN4OS. The summed E-state index contributed by atoms with van der Waals surface area (Å²) in [5.41, 5.74) is 10.0. The van der Waals surface area contributed by atoms with E-state index in [-0.39, 0.29) is 23.1 Å². The lowest BCUT2D eigenvalue weighted by Crippen LogP contribution is -2.53. The SMILES string of the molecule is CSC(C)(C)[C@H](N)C(=O)N1CCc2[nH]nc(C3CC3)c2CC1.Cl. The molecule has 1 aromatic heterocycles. The molecule has 5 nitrogen and oxygen atoms in total. The number of nitrogens with zero attached hydrogens (tertiary/aromatic N) is 2. The fraction of sp³-hybridized carbons (Fsp3) is 0.750. The van der Waals surface area contributed by atoms with Gasteiger partial charge in [-0.3, -0.25) is 9.89 Å². The topological polar surface area (TPSA) is 75.0 Å². The number of halogens is 1. The summed E-state index contributed by atoms with van der Waals surface area (Å²) >= 11 is 1.65. The first kappa shape index (κ1) is 18.6. The number of carbonyl (C=O) groups is 1. The van der Waals surface area contributed by atoms with Crippen LogP contribution in [0.15, 0.2) is 0 Å². The monoisotopic (exact) mass is 358 g/mol. The van der Waals surface area contributed by atoms with E-state index in [1.54, 1.807) is 11.8 Å². The molecule has 7 heteroatoms. The van der Waals surface area contributed by atoms with Gasteiger partial charge in [0.1, 0.15) is 0 Å². The Morgan fingerprint density at radius 3 is 2.65 bits per heavy atom. The second-order valence-corrected chi connectivity index (χ2v) is 8.41. The van der Waals surface area contributed by atoms with E-state index in [1.807, 2.05) is 25.0 Å². The van der Waals surface area contributed by atoms with Gasteiger partial charge >= 0.3 is 0 Å². The van der Waals surface area contributed by atoms with Gasteiger partial charge in [-0.05, 0) is 44.9 Å². The van der Waals surface area contributed by atoms with E-state index in [0.717, 1.165) is 25.9 Å². The second kappa shape index (κ2) is 7.03. The van der Waals surface area contributed by atoms with Gasteiger partial charge in [0.25, 0.3) is 0 Å². The van der Waals surface area contributed by atoms with Crippen LogP contribution in [-0.4, -0.2) is 51.1 Å². The van der Waals surface area contributed by atoms with E-state index in [4.69, 9.17) is 5.73 Å². The molecule has 0 radical (unpaired) electrons. The summed E-state index contributed by atoms with van der Waals surface area (Å²) < 4.78 is -0.238. The van der Waals surface area contributed by atoms with Crippen molar-refractivity contribution in [1.82, 2.24) is 15.1 Å².